The number of benzene rings is 1. The van der Waals surface area contributed by atoms with E-state index in [-0.39, 0.29) is 12.1 Å². The van der Waals surface area contributed by atoms with Crippen molar-refractivity contribution in [2.75, 3.05) is 19.8 Å². The Hall–Kier alpha value is -1.91. The third kappa shape index (κ3) is 2.92. The van der Waals surface area contributed by atoms with E-state index in [9.17, 15) is 4.79 Å². The quantitative estimate of drug-likeness (QED) is 0.858. The number of fused-ring (bicyclic) bond motifs is 2. The van der Waals surface area contributed by atoms with E-state index in [2.05, 4.69) is 24.4 Å². The largest absolute Gasteiger partial charge is 0.486 e. The van der Waals surface area contributed by atoms with Crippen LogP contribution in [0.25, 0.3) is 0 Å². The summed E-state index contributed by atoms with van der Waals surface area (Å²) in [5.41, 5.74) is 2.46. The number of urea groups is 1. The van der Waals surface area contributed by atoms with E-state index in [0.717, 1.165) is 37.3 Å². The van der Waals surface area contributed by atoms with E-state index in [4.69, 9.17) is 9.47 Å². The number of ether oxygens (including phenoxy) is 2. The summed E-state index contributed by atoms with van der Waals surface area (Å²) < 4.78 is 11.4. The normalized spacial score (nSPS) is 23.5. The Balaban J connectivity index is 1.50. The maximum atomic E-state index is 12.7. The third-order valence-corrected chi connectivity index (χ3v) is 5.54. The monoisotopic (exact) mass is 330 g/mol. The number of carbonyl (C=O) groups excluding carboxylic acids is 1. The smallest absolute Gasteiger partial charge is 0.318 e. The Bertz CT molecular complexity index is 625. The van der Waals surface area contributed by atoms with Gasteiger partial charge < -0.3 is 19.7 Å². The molecule has 3 aliphatic rings. The molecule has 0 aromatic heterocycles. The number of hydrogen-bond donors (Lipinski definition) is 1. The summed E-state index contributed by atoms with van der Waals surface area (Å²) in [5, 5.41) is 3.24. The topological polar surface area (TPSA) is 50.8 Å². The summed E-state index contributed by atoms with van der Waals surface area (Å²) in [4.78, 5) is 14.7. The first-order chi connectivity index (χ1) is 11.7. The van der Waals surface area contributed by atoms with Crippen LogP contribution in [-0.4, -0.2) is 36.7 Å². The minimum atomic E-state index is 0.0631. The third-order valence-electron chi connectivity index (χ3n) is 5.54. The zero-order valence-corrected chi connectivity index (χ0v) is 14.3. The van der Waals surface area contributed by atoms with E-state index in [1.807, 2.05) is 4.90 Å². The van der Waals surface area contributed by atoms with Gasteiger partial charge in [0.25, 0.3) is 0 Å². The molecule has 130 valence electrons. The molecule has 2 heterocycles. The van der Waals surface area contributed by atoms with Crippen molar-refractivity contribution in [1.82, 2.24) is 10.2 Å². The van der Waals surface area contributed by atoms with Crippen LogP contribution < -0.4 is 14.8 Å². The molecule has 0 saturated heterocycles. The first-order valence-corrected chi connectivity index (χ1v) is 9.22. The first-order valence-electron chi connectivity index (χ1n) is 9.22. The Morgan fingerprint density at radius 3 is 2.58 bits per heavy atom. The van der Waals surface area contributed by atoms with E-state index in [1.165, 1.54) is 30.4 Å². The summed E-state index contributed by atoms with van der Waals surface area (Å²) in [7, 11) is 0. The summed E-state index contributed by atoms with van der Waals surface area (Å²) in [6.45, 7) is 4.06. The molecule has 1 saturated carbocycles. The molecule has 0 spiro atoms. The fourth-order valence-electron chi connectivity index (χ4n) is 4.14. The van der Waals surface area contributed by atoms with Crippen LogP contribution in [0.15, 0.2) is 12.1 Å². The first kappa shape index (κ1) is 15.6. The van der Waals surface area contributed by atoms with Crippen molar-refractivity contribution in [3.8, 4) is 11.5 Å². The molecule has 24 heavy (non-hydrogen) atoms. The van der Waals surface area contributed by atoms with Gasteiger partial charge in [0.05, 0.1) is 6.04 Å². The molecule has 1 N–H and O–H groups in total. The highest BCUT2D eigenvalue weighted by Crippen LogP contribution is 2.39. The summed E-state index contributed by atoms with van der Waals surface area (Å²) >= 11 is 0. The minimum absolute atomic E-state index is 0.0631. The van der Waals surface area contributed by atoms with Crippen LogP contribution in [0.1, 0.15) is 56.2 Å². The minimum Gasteiger partial charge on any atom is -0.486 e. The maximum Gasteiger partial charge on any atom is 0.318 e. The van der Waals surface area contributed by atoms with Gasteiger partial charge in [-0.1, -0.05) is 19.3 Å². The molecule has 2 aliphatic heterocycles. The van der Waals surface area contributed by atoms with Gasteiger partial charge in [0.2, 0.25) is 0 Å². The van der Waals surface area contributed by atoms with Gasteiger partial charge in [-0.3, -0.25) is 0 Å². The zero-order valence-electron chi connectivity index (χ0n) is 14.3. The van der Waals surface area contributed by atoms with E-state index in [0.29, 0.717) is 19.3 Å². The predicted octanol–water partition coefficient (Wildman–Crippen LogP) is 3.42. The molecule has 5 nitrogen and oxygen atoms in total. The van der Waals surface area contributed by atoms with Crippen molar-refractivity contribution in [3.63, 3.8) is 0 Å². The molecule has 0 bridgehead atoms. The van der Waals surface area contributed by atoms with Crippen LogP contribution in [0.3, 0.4) is 0 Å². The molecule has 1 unspecified atom stereocenters. The average Bonchev–Trinajstić information content (AvgIpc) is 2.61. The van der Waals surface area contributed by atoms with Gasteiger partial charge in [0.15, 0.2) is 11.5 Å². The Morgan fingerprint density at radius 1 is 1.12 bits per heavy atom. The van der Waals surface area contributed by atoms with Crippen LogP contribution in [0.2, 0.25) is 0 Å². The van der Waals surface area contributed by atoms with Crippen molar-refractivity contribution in [1.29, 1.82) is 0 Å². The highest BCUT2D eigenvalue weighted by atomic mass is 16.6. The van der Waals surface area contributed by atoms with Crippen LogP contribution in [0.4, 0.5) is 4.79 Å². The summed E-state index contributed by atoms with van der Waals surface area (Å²) in [6.07, 6.45) is 6.85. The second-order valence-electron chi connectivity index (χ2n) is 7.10. The van der Waals surface area contributed by atoms with Gasteiger partial charge in [-0.25, -0.2) is 4.79 Å². The zero-order chi connectivity index (χ0) is 16.5. The van der Waals surface area contributed by atoms with Crippen molar-refractivity contribution in [3.05, 3.63) is 23.3 Å². The molecule has 1 atom stereocenters. The number of nitrogens with one attached hydrogen (secondary N) is 1. The van der Waals surface area contributed by atoms with E-state index >= 15 is 0 Å². The number of carbonyl (C=O) groups is 1. The van der Waals surface area contributed by atoms with Gasteiger partial charge in [-0.15, -0.1) is 0 Å². The molecule has 1 aromatic carbocycles. The number of nitrogens with zero attached hydrogens (tertiary/aromatic N) is 1. The lowest BCUT2D eigenvalue weighted by atomic mass is 9.92. The van der Waals surface area contributed by atoms with Crippen molar-refractivity contribution >= 4 is 6.03 Å². The lowest BCUT2D eigenvalue weighted by Crippen LogP contribution is -2.48. The highest BCUT2D eigenvalue weighted by Gasteiger charge is 2.31. The highest BCUT2D eigenvalue weighted by molar-refractivity contribution is 5.75. The summed E-state index contributed by atoms with van der Waals surface area (Å²) in [6, 6.07) is 4.65. The molecule has 0 radical (unpaired) electrons. The van der Waals surface area contributed by atoms with Gasteiger partial charge in [0, 0.05) is 12.6 Å². The van der Waals surface area contributed by atoms with Crippen molar-refractivity contribution < 1.29 is 14.3 Å². The fourth-order valence-corrected chi connectivity index (χ4v) is 4.14. The standard InChI is InChI=1S/C19H26N2O3/c1-13-16-12-18-17(23-9-10-24-18)11-14(16)7-8-21(13)19(22)20-15-5-3-2-4-6-15/h11-13,15H,2-10H2,1H3,(H,20,22). The number of rotatable bonds is 1. The molecule has 1 aromatic rings. The maximum absolute atomic E-state index is 12.7. The van der Waals surface area contributed by atoms with E-state index < -0.39 is 0 Å². The van der Waals surface area contributed by atoms with Crippen LogP contribution >= 0.6 is 0 Å². The van der Waals surface area contributed by atoms with Gasteiger partial charge in [-0.2, -0.15) is 0 Å². The number of hydrogen-bond acceptors (Lipinski definition) is 3. The van der Waals surface area contributed by atoms with Gasteiger partial charge in [-0.05, 0) is 49.4 Å². The van der Waals surface area contributed by atoms with Crippen molar-refractivity contribution in [2.24, 2.45) is 0 Å². The summed E-state index contributed by atoms with van der Waals surface area (Å²) in [5.74, 6) is 1.65. The van der Waals surface area contributed by atoms with Gasteiger partial charge >= 0.3 is 6.03 Å². The predicted molar refractivity (Wildman–Crippen MR) is 91.7 cm³/mol. The van der Waals surface area contributed by atoms with Gasteiger partial charge in [0.1, 0.15) is 13.2 Å². The Kier molecular flexibility index (Phi) is 4.25. The lowest BCUT2D eigenvalue weighted by Gasteiger charge is -2.37. The molecular weight excluding hydrogens is 304 g/mol. The van der Waals surface area contributed by atoms with Crippen LogP contribution in [0.5, 0.6) is 11.5 Å². The van der Waals surface area contributed by atoms with Crippen molar-refractivity contribution in [2.45, 2.75) is 57.5 Å². The molecule has 1 aliphatic carbocycles. The lowest BCUT2D eigenvalue weighted by molar-refractivity contribution is 0.162. The van der Waals surface area contributed by atoms with Crippen LogP contribution in [0, 0.1) is 0 Å². The molecule has 4 rings (SSSR count). The molecule has 2 amide bonds. The molecular formula is C19H26N2O3. The molecule has 5 heteroatoms. The molecule has 1 fully saturated rings. The number of amides is 2. The Morgan fingerprint density at radius 2 is 1.83 bits per heavy atom. The second-order valence-corrected chi connectivity index (χ2v) is 7.10. The SMILES string of the molecule is CC1c2cc3c(cc2CCN1C(=O)NC1CCCCC1)OCCO3. The van der Waals surface area contributed by atoms with E-state index in [1.54, 1.807) is 0 Å². The second kappa shape index (κ2) is 6.54. The Labute approximate surface area is 143 Å². The fraction of sp³-hybridized carbons (Fsp3) is 0.632. The van der Waals surface area contributed by atoms with Crippen LogP contribution in [-0.2, 0) is 6.42 Å². The average molecular weight is 330 g/mol.